The summed E-state index contributed by atoms with van der Waals surface area (Å²) in [5.74, 6) is -7.46. The van der Waals surface area contributed by atoms with Gasteiger partial charge < -0.3 is 81.1 Å². The minimum Gasteiger partial charge on any atom is -0.370 e. The van der Waals surface area contributed by atoms with E-state index >= 15 is 0 Å². The number of para-hydroxylation sites is 1. The van der Waals surface area contributed by atoms with Crippen LogP contribution in [0.3, 0.4) is 0 Å². The Labute approximate surface area is 440 Å². The molecule has 2 aromatic carbocycles. The zero-order valence-corrected chi connectivity index (χ0v) is 42.8. The Morgan fingerprint density at radius 1 is 0.684 bits per heavy atom. The summed E-state index contributed by atoms with van der Waals surface area (Å²) >= 11 is 0. The van der Waals surface area contributed by atoms with Gasteiger partial charge in [-0.3, -0.25) is 54.0 Å². The van der Waals surface area contributed by atoms with Gasteiger partial charge in [-0.15, -0.1) is 0 Å². The molecule has 21 N–H and O–H groups in total. The Kier molecular flexibility index (Phi) is 24.9. The zero-order valence-electron chi connectivity index (χ0n) is 42.8. The summed E-state index contributed by atoms with van der Waals surface area (Å²) in [6.07, 6.45) is 2.25. The molecular formula is C50H75N17O9. The molecule has 1 aromatic heterocycles. The highest BCUT2D eigenvalue weighted by molar-refractivity contribution is 5.98. The van der Waals surface area contributed by atoms with E-state index in [0.29, 0.717) is 24.0 Å². The number of rotatable bonds is 20. The van der Waals surface area contributed by atoms with Crippen molar-refractivity contribution >= 4 is 76.0 Å². The highest BCUT2D eigenvalue weighted by atomic mass is 16.2. The van der Waals surface area contributed by atoms with Gasteiger partial charge in [-0.05, 0) is 87.9 Å². The van der Waals surface area contributed by atoms with E-state index < -0.39 is 95.5 Å². The number of fused-ring (bicyclic) bond motifs is 1. The van der Waals surface area contributed by atoms with E-state index in [-0.39, 0.29) is 109 Å². The molecule has 26 nitrogen and oxygen atoms in total. The average molecular weight is 1060 g/mol. The van der Waals surface area contributed by atoms with Gasteiger partial charge >= 0.3 is 0 Å². The SMILES string of the molecule is CC(=O)N[C@@H](CCCNC(=N)N)C(=O)NC1CCC(=O)NCCCC(C(N)=O)NC(=O)[C@H](Cc2c[nH]c3ccccc23)NC(=O)[C@H](CCCNC(=N)N)NC(=O)C(Cc2ccccc2)NC(=O)[C@H](CCCCN)NC1=O. The standard InChI is InChI=1S/C50H75N17O9/c1-29(68)61-35(18-10-24-58-49(53)54)43(71)65-38-20-21-41(69)57-23-9-17-34(42(52)70)62-48(76)40(27-31-28-60-33-15-6-5-14-32(31)33)67-45(73)37(19-11-25-59-50(55)56)64-47(75)39(26-30-12-3-2-4-13-30)66-44(72)36(63-46(38)74)16-7-8-22-51/h2-6,12-15,28,34-40,60H,7-11,16-27,51H2,1H3,(H2,52,70)(H,57,69)(H,61,68)(H,62,76)(H,63,74)(H,64,75)(H,65,71)(H,66,72)(H,67,73)(H4,53,54,58)(H4,55,56,59)/t34?,35-,36-,37-,38?,39?,40-/m0/s1. The van der Waals surface area contributed by atoms with Crippen LogP contribution in [-0.2, 0) is 56.0 Å². The number of guanidine groups is 2. The molecule has 1 fully saturated rings. The predicted octanol–water partition coefficient (Wildman–Crippen LogP) is -2.80. The lowest BCUT2D eigenvalue weighted by molar-refractivity contribution is -0.136. The minimum absolute atomic E-state index is 0.0104. The van der Waals surface area contributed by atoms with Crippen LogP contribution < -0.4 is 76.1 Å². The maximum Gasteiger partial charge on any atom is 0.243 e. The van der Waals surface area contributed by atoms with Gasteiger partial charge in [0, 0.05) is 62.9 Å². The number of aromatic amines is 1. The highest BCUT2D eigenvalue weighted by Gasteiger charge is 2.35. The van der Waals surface area contributed by atoms with Crippen molar-refractivity contribution in [2.24, 2.45) is 22.9 Å². The van der Waals surface area contributed by atoms with Crippen molar-refractivity contribution in [1.29, 1.82) is 10.8 Å². The van der Waals surface area contributed by atoms with Gasteiger partial charge in [0.15, 0.2) is 11.9 Å². The van der Waals surface area contributed by atoms with Gasteiger partial charge in [-0.25, -0.2) is 0 Å². The number of carbonyl (C=O) groups is 9. The number of nitrogens with one attached hydrogen (secondary N) is 13. The van der Waals surface area contributed by atoms with E-state index in [9.17, 15) is 43.2 Å². The molecule has 26 heteroatoms. The van der Waals surface area contributed by atoms with Gasteiger partial charge in [0.1, 0.15) is 42.3 Å². The van der Waals surface area contributed by atoms with Crippen LogP contribution in [0.1, 0.15) is 88.7 Å². The lowest BCUT2D eigenvalue weighted by atomic mass is 10.0. The number of hydrogen-bond acceptors (Lipinski definition) is 12. The topological polar surface area (TPSA) is 441 Å². The fourth-order valence-corrected chi connectivity index (χ4v) is 8.48. The molecule has 3 aromatic rings. The number of unbranched alkanes of at least 4 members (excludes halogenated alkanes) is 1. The first-order valence-electron chi connectivity index (χ1n) is 25.4. The molecule has 7 atom stereocenters. The summed E-state index contributed by atoms with van der Waals surface area (Å²) in [6.45, 7) is 1.76. The molecule has 1 aliphatic rings. The molecule has 4 rings (SSSR count). The normalized spacial score (nSPS) is 21.0. The second kappa shape index (κ2) is 31.4. The van der Waals surface area contributed by atoms with E-state index in [0.717, 1.165) is 10.9 Å². The maximum absolute atomic E-state index is 14.7. The second-order valence-electron chi connectivity index (χ2n) is 18.6. The van der Waals surface area contributed by atoms with Crippen molar-refractivity contribution in [2.75, 3.05) is 26.2 Å². The number of amides is 9. The minimum atomic E-state index is -1.46. The van der Waals surface area contributed by atoms with Crippen LogP contribution in [0.2, 0.25) is 0 Å². The molecule has 0 radical (unpaired) electrons. The lowest BCUT2D eigenvalue weighted by Gasteiger charge is -2.28. The first kappa shape index (κ1) is 60.3. The molecule has 76 heavy (non-hydrogen) atoms. The Morgan fingerprint density at radius 2 is 1.26 bits per heavy atom. The van der Waals surface area contributed by atoms with Crippen molar-refractivity contribution in [3.8, 4) is 0 Å². The molecule has 0 bridgehead atoms. The number of carbonyl (C=O) groups excluding carboxylic acids is 9. The number of aromatic nitrogens is 1. The molecule has 0 saturated carbocycles. The van der Waals surface area contributed by atoms with Gasteiger partial charge in [0.2, 0.25) is 53.2 Å². The van der Waals surface area contributed by atoms with Gasteiger partial charge in [-0.1, -0.05) is 48.5 Å². The number of H-pyrrole nitrogens is 1. The molecule has 2 heterocycles. The van der Waals surface area contributed by atoms with E-state index in [4.69, 9.17) is 33.8 Å². The third kappa shape index (κ3) is 20.9. The summed E-state index contributed by atoms with van der Waals surface area (Å²) in [6, 6.07) is 6.70. The van der Waals surface area contributed by atoms with Crippen LogP contribution in [-0.4, -0.2) is 139 Å². The Hall–Kier alpha value is -8.29. The molecule has 3 unspecified atom stereocenters. The first-order valence-corrected chi connectivity index (χ1v) is 25.4. The van der Waals surface area contributed by atoms with Crippen LogP contribution >= 0.6 is 0 Å². The Bertz CT molecular complexity index is 2490. The number of primary amides is 1. The van der Waals surface area contributed by atoms with Crippen LogP contribution in [0.4, 0.5) is 0 Å². The van der Waals surface area contributed by atoms with E-state index in [2.05, 4.69) is 58.2 Å². The molecular weight excluding hydrogens is 983 g/mol. The molecule has 0 aliphatic carbocycles. The molecule has 0 spiro atoms. The summed E-state index contributed by atoms with van der Waals surface area (Å²) in [5, 5.41) is 42.7. The second-order valence-corrected chi connectivity index (χ2v) is 18.6. The Morgan fingerprint density at radius 3 is 1.91 bits per heavy atom. The average Bonchev–Trinajstić information content (AvgIpc) is 3.78. The van der Waals surface area contributed by atoms with Gasteiger partial charge in [0.25, 0.3) is 0 Å². The van der Waals surface area contributed by atoms with Crippen molar-refractivity contribution in [1.82, 2.24) is 58.2 Å². The number of benzene rings is 2. The summed E-state index contributed by atoms with van der Waals surface area (Å²) in [4.78, 5) is 128. The fourth-order valence-electron chi connectivity index (χ4n) is 8.48. The predicted molar refractivity (Wildman–Crippen MR) is 283 cm³/mol. The fraction of sp³-hybridized carbons (Fsp3) is 0.500. The van der Waals surface area contributed by atoms with E-state index in [1.54, 1.807) is 36.5 Å². The maximum atomic E-state index is 14.7. The lowest BCUT2D eigenvalue weighted by Crippen LogP contribution is -2.60. The summed E-state index contributed by atoms with van der Waals surface area (Å²) in [5.41, 5.74) is 24.5. The third-order valence-electron chi connectivity index (χ3n) is 12.5. The molecule has 9 amide bonds. The zero-order chi connectivity index (χ0) is 55.6. The van der Waals surface area contributed by atoms with Crippen molar-refractivity contribution in [3.05, 3.63) is 71.9 Å². The van der Waals surface area contributed by atoms with Crippen LogP contribution in [0.25, 0.3) is 10.9 Å². The van der Waals surface area contributed by atoms with Crippen molar-refractivity contribution in [3.63, 3.8) is 0 Å². The van der Waals surface area contributed by atoms with Crippen molar-refractivity contribution in [2.45, 2.75) is 133 Å². The molecule has 1 aliphatic heterocycles. The van der Waals surface area contributed by atoms with Gasteiger partial charge in [-0.2, -0.15) is 0 Å². The summed E-state index contributed by atoms with van der Waals surface area (Å²) < 4.78 is 0. The van der Waals surface area contributed by atoms with E-state index in [1.165, 1.54) is 6.92 Å². The largest absolute Gasteiger partial charge is 0.370 e. The first-order chi connectivity index (χ1) is 36.3. The Balaban J connectivity index is 1.77. The van der Waals surface area contributed by atoms with Crippen LogP contribution in [0, 0.1) is 10.8 Å². The smallest absolute Gasteiger partial charge is 0.243 e. The van der Waals surface area contributed by atoms with Crippen LogP contribution in [0.15, 0.2) is 60.8 Å². The van der Waals surface area contributed by atoms with Gasteiger partial charge in [0.05, 0.1) is 0 Å². The highest BCUT2D eigenvalue weighted by Crippen LogP contribution is 2.20. The number of hydrogen-bond donors (Lipinski definition) is 17. The number of nitrogens with two attached hydrogens (primary N) is 4. The van der Waals surface area contributed by atoms with Crippen molar-refractivity contribution < 1.29 is 43.2 Å². The molecule has 414 valence electrons. The quantitative estimate of drug-likeness (QED) is 0.0309. The molecule has 1 saturated heterocycles. The van der Waals surface area contributed by atoms with E-state index in [1.807, 2.05) is 24.3 Å². The third-order valence-corrected chi connectivity index (χ3v) is 12.5. The monoisotopic (exact) mass is 1060 g/mol. The summed E-state index contributed by atoms with van der Waals surface area (Å²) in [7, 11) is 0. The van der Waals surface area contributed by atoms with Crippen LogP contribution in [0.5, 0.6) is 0 Å².